The van der Waals surface area contributed by atoms with Gasteiger partial charge in [-0.1, -0.05) is 36.4 Å². The fourth-order valence-corrected chi connectivity index (χ4v) is 4.65. The third-order valence-electron chi connectivity index (χ3n) is 5.47. The van der Waals surface area contributed by atoms with Crippen LogP contribution in [0.5, 0.6) is 5.75 Å². The molecule has 1 aliphatic heterocycles. The van der Waals surface area contributed by atoms with Crippen LogP contribution < -0.4 is 9.64 Å². The first kappa shape index (κ1) is 21.8. The molecule has 4 rings (SSSR count). The quantitative estimate of drug-likeness (QED) is 0.288. The van der Waals surface area contributed by atoms with E-state index in [1.807, 2.05) is 62.4 Å². The molecule has 1 amide bonds. The molecule has 1 N–H and O–H groups in total. The van der Waals surface area contributed by atoms with E-state index < -0.39 is 17.7 Å². The Balaban J connectivity index is 1.95. The van der Waals surface area contributed by atoms with Gasteiger partial charge in [0.05, 0.1) is 23.2 Å². The maximum atomic E-state index is 13.2. The number of anilines is 1. The number of aliphatic hydroxyl groups is 1. The number of aliphatic hydroxyl groups excluding tert-OH is 1. The SMILES string of the molecule is COc1ccc(/C(O)=C2/C(=O)C(=O)N(c3cc(C)cc(C)c3)C2c2ccccc2)cc1Br. The van der Waals surface area contributed by atoms with E-state index in [1.165, 1.54) is 4.90 Å². The fourth-order valence-electron chi connectivity index (χ4n) is 4.11. The standard InChI is InChI=1S/C26H22BrNO4/c1-15-11-16(2)13-19(12-15)28-23(17-7-5-4-6-8-17)22(25(30)26(28)31)24(29)18-9-10-21(32-3)20(27)14-18/h4-14,23,29H,1-3H3/b24-22-. The number of amides is 1. The van der Waals surface area contributed by atoms with E-state index in [4.69, 9.17) is 4.74 Å². The summed E-state index contributed by atoms with van der Waals surface area (Å²) in [7, 11) is 1.55. The first-order valence-electron chi connectivity index (χ1n) is 10.1. The van der Waals surface area contributed by atoms with E-state index in [2.05, 4.69) is 15.9 Å². The maximum Gasteiger partial charge on any atom is 0.300 e. The fraction of sp³-hybridized carbons (Fsp3) is 0.154. The molecule has 3 aromatic rings. The molecule has 0 aromatic heterocycles. The van der Waals surface area contributed by atoms with Crippen molar-refractivity contribution in [1.82, 2.24) is 0 Å². The van der Waals surface area contributed by atoms with Crippen molar-refractivity contribution in [1.29, 1.82) is 0 Å². The van der Waals surface area contributed by atoms with Gasteiger partial charge in [-0.2, -0.15) is 0 Å². The molecule has 0 aliphatic carbocycles. The third kappa shape index (κ3) is 3.82. The van der Waals surface area contributed by atoms with Gasteiger partial charge in [0.1, 0.15) is 11.5 Å². The van der Waals surface area contributed by atoms with Crippen LogP contribution >= 0.6 is 15.9 Å². The van der Waals surface area contributed by atoms with Crippen LogP contribution in [0.2, 0.25) is 0 Å². The van der Waals surface area contributed by atoms with Gasteiger partial charge < -0.3 is 9.84 Å². The highest BCUT2D eigenvalue weighted by Crippen LogP contribution is 2.43. The maximum absolute atomic E-state index is 13.2. The van der Waals surface area contributed by atoms with Gasteiger partial charge in [0.15, 0.2) is 0 Å². The predicted octanol–water partition coefficient (Wildman–Crippen LogP) is 5.70. The Morgan fingerprint density at radius 3 is 2.22 bits per heavy atom. The van der Waals surface area contributed by atoms with Crippen molar-refractivity contribution in [2.45, 2.75) is 19.9 Å². The van der Waals surface area contributed by atoms with E-state index in [-0.39, 0.29) is 11.3 Å². The smallest absolute Gasteiger partial charge is 0.300 e. The lowest BCUT2D eigenvalue weighted by Crippen LogP contribution is -2.29. The number of hydrogen-bond acceptors (Lipinski definition) is 4. The lowest BCUT2D eigenvalue weighted by molar-refractivity contribution is -0.132. The van der Waals surface area contributed by atoms with Gasteiger partial charge in [-0.25, -0.2) is 0 Å². The van der Waals surface area contributed by atoms with Gasteiger partial charge in [0.25, 0.3) is 11.7 Å². The van der Waals surface area contributed by atoms with Crippen LogP contribution in [0.25, 0.3) is 5.76 Å². The van der Waals surface area contributed by atoms with Gasteiger partial charge in [0, 0.05) is 11.3 Å². The predicted molar refractivity (Wildman–Crippen MR) is 128 cm³/mol. The Labute approximate surface area is 195 Å². The summed E-state index contributed by atoms with van der Waals surface area (Å²) < 4.78 is 5.89. The number of ketones is 1. The summed E-state index contributed by atoms with van der Waals surface area (Å²) >= 11 is 3.41. The van der Waals surface area contributed by atoms with E-state index in [1.54, 1.807) is 25.3 Å². The second kappa shape index (κ2) is 8.63. The van der Waals surface area contributed by atoms with E-state index >= 15 is 0 Å². The van der Waals surface area contributed by atoms with E-state index in [9.17, 15) is 14.7 Å². The highest BCUT2D eigenvalue weighted by atomic mass is 79.9. The summed E-state index contributed by atoms with van der Waals surface area (Å²) in [4.78, 5) is 27.9. The molecular formula is C26H22BrNO4. The molecule has 1 saturated heterocycles. The van der Waals surface area contributed by atoms with Crippen molar-refractivity contribution in [3.63, 3.8) is 0 Å². The topological polar surface area (TPSA) is 66.8 Å². The van der Waals surface area contributed by atoms with Crippen LogP contribution in [0.3, 0.4) is 0 Å². The van der Waals surface area contributed by atoms with Crippen molar-refractivity contribution in [3.05, 3.63) is 99.0 Å². The molecule has 0 radical (unpaired) electrons. The molecule has 162 valence electrons. The average molecular weight is 492 g/mol. The molecule has 1 atom stereocenters. The van der Waals surface area contributed by atoms with Crippen LogP contribution in [-0.4, -0.2) is 23.9 Å². The Bertz CT molecular complexity index is 1230. The molecule has 5 nitrogen and oxygen atoms in total. The van der Waals surface area contributed by atoms with Gasteiger partial charge in [-0.05, 0) is 76.8 Å². The number of carbonyl (C=O) groups is 2. The number of benzene rings is 3. The molecule has 1 aliphatic rings. The number of rotatable bonds is 4. The molecular weight excluding hydrogens is 470 g/mol. The Morgan fingerprint density at radius 2 is 1.62 bits per heavy atom. The van der Waals surface area contributed by atoms with Gasteiger partial charge >= 0.3 is 0 Å². The lowest BCUT2D eigenvalue weighted by atomic mass is 9.95. The van der Waals surface area contributed by atoms with Crippen molar-refractivity contribution >= 4 is 39.1 Å². The number of ether oxygens (including phenoxy) is 1. The Kier molecular flexibility index (Phi) is 5.89. The molecule has 1 heterocycles. The van der Waals surface area contributed by atoms with Crippen LogP contribution in [0, 0.1) is 13.8 Å². The number of halogens is 1. The number of hydrogen-bond donors (Lipinski definition) is 1. The summed E-state index contributed by atoms with van der Waals surface area (Å²) in [5.41, 5.74) is 3.78. The second-order valence-electron chi connectivity index (χ2n) is 7.78. The first-order valence-corrected chi connectivity index (χ1v) is 10.9. The molecule has 6 heteroatoms. The monoisotopic (exact) mass is 491 g/mol. The van der Waals surface area contributed by atoms with Crippen molar-refractivity contribution in [2.75, 3.05) is 12.0 Å². The summed E-state index contributed by atoms with van der Waals surface area (Å²) in [6, 6.07) is 19.3. The molecule has 0 saturated carbocycles. The average Bonchev–Trinajstić information content (AvgIpc) is 3.04. The number of nitrogens with zero attached hydrogens (tertiary/aromatic N) is 1. The van der Waals surface area contributed by atoms with E-state index in [0.717, 1.165) is 16.7 Å². The molecule has 1 unspecified atom stereocenters. The van der Waals surface area contributed by atoms with Gasteiger partial charge in [-0.15, -0.1) is 0 Å². The molecule has 0 spiro atoms. The summed E-state index contributed by atoms with van der Waals surface area (Å²) in [6.45, 7) is 3.89. The van der Waals surface area contributed by atoms with Crippen molar-refractivity contribution in [2.24, 2.45) is 0 Å². The summed E-state index contributed by atoms with van der Waals surface area (Å²) in [5, 5.41) is 11.2. The lowest BCUT2D eigenvalue weighted by Gasteiger charge is -2.26. The van der Waals surface area contributed by atoms with Crippen LogP contribution in [0.15, 0.2) is 76.8 Å². The summed E-state index contributed by atoms with van der Waals surface area (Å²) in [5.74, 6) is -1.02. The molecule has 1 fully saturated rings. The first-order chi connectivity index (χ1) is 15.3. The van der Waals surface area contributed by atoms with Crippen LogP contribution in [0.4, 0.5) is 5.69 Å². The van der Waals surface area contributed by atoms with Crippen LogP contribution in [-0.2, 0) is 9.59 Å². The largest absolute Gasteiger partial charge is 0.507 e. The molecule has 0 bridgehead atoms. The van der Waals surface area contributed by atoms with Gasteiger partial charge in [-0.3, -0.25) is 14.5 Å². The Morgan fingerprint density at radius 1 is 0.969 bits per heavy atom. The van der Waals surface area contributed by atoms with Crippen LogP contribution in [0.1, 0.15) is 28.3 Å². The number of methoxy groups -OCH3 is 1. The normalized spacial score (nSPS) is 17.6. The zero-order chi connectivity index (χ0) is 23.0. The summed E-state index contributed by atoms with van der Waals surface area (Å²) in [6.07, 6.45) is 0. The minimum Gasteiger partial charge on any atom is -0.507 e. The third-order valence-corrected chi connectivity index (χ3v) is 6.09. The number of carbonyl (C=O) groups excluding carboxylic acids is 2. The second-order valence-corrected chi connectivity index (χ2v) is 8.63. The highest BCUT2D eigenvalue weighted by molar-refractivity contribution is 9.10. The molecule has 32 heavy (non-hydrogen) atoms. The van der Waals surface area contributed by atoms with Crippen molar-refractivity contribution in [3.8, 4) is 5.75 Å². The zero-order valence-corrected chi connectivity index (χ0v) is 19.5. The zero-order valence-electron chi connectivity index (χ0n) is 17.9. The molecule has 3 aromatic carbocycles. The number of Topliss-reactive ketones (excluding diaryl/α,β-unsaturated/α-hetero) is 1. The minimum atomic E-state index is -0.752. The van der Waals surface area contributed by atoms with Gasteiger partial charge in [0.2, 0.25) is 0 Å². The highest BCUT2D eigenvalue weighted by Gasteiger charge is 2.47. The minimum absolute atomic E-state index is 0.0532. The van der Waals surface area contributed by atoms with Crippen molar-refractivity contribution < 1.29 is 19.4 Å². The Hall–Kier alpha value is -3.38. The van der Waals surface area contributed by atoms with E-state index in [0.29, 0.717) is 21.5 Å². The number of aryl methyl sites for hydroxylation is 2.